The number of aryl methyl sites for hydroxylation is 1. The van der Waals surface area contributed by atoms with Crippen molar-refractivity contribution in [2.75, 3.05) is 19.8 Å². The first kappa shape index (κ1) is 28.4. The number of rotatable bonds is 11. The maximum Gasteiger partial charge on any atom is 0.407 e. The minimum atomic E-state index is -0.910. The summed E-state index contributed by atoms with van der Waals surface area (Å²) in [6.07, 6.45) is 0.376. The van der Waals surface area contributed by atoms with Crippen molar-refractivity contribution in [3.05, 3.63) is 59.7 Å². The first-order chi connectivity index (χ1) is 16.5. The number of hydrogen-bond acceptors (Lipinski definition) is 5. The van der Waals surface area contributed by atoms with Crippen LogP contribution in [-0.4, -0.2) is 43.5 Å². The number of amides is 1. The fraction of sp³-hybridized carbons (Fsp3) is 0.517. The summed E-state index contributed by atoms with van der Waals surface area (Å²) in [5.74, 6) is -0.334. The van der Waals surface area contributed by atoms with E-state index in [4.69, 9.17) is 14.2 Å². The van der Waals surface area contributed by atoms with Gasteiger partial charge in [0.05, 0.1) is 18.6 Å². The highest BCUT2D eigenvalue weighted by molar-refractivity contribution is 5.77. The summed E-state index contributed by atoms with van der Waals surface area (Å²) >= 11 is 0. The molecule has 192 valence electrons. The van der Waals surface area contributed by atoms with Gasteiger partial charge in [0.1, 0.15) is 5.60 Å². The lowest BCUT2D eigenvalue weighted by atomic mass is 9.82. The van der Waals surface area contributed by atoms with Crippen molar-refractivity contribution in [2.24, 2.45) is 5.41 Å². The van der Waals surface area contributed by atoms with Gasteiger partial charge in [-0.15, -0.1) is 0 Å². The van der Waals surface area contributed by atoms with Gasteiger partial charge in [-0.3, -0.25) is 4.79 Å². The summed E-state index contributed by atoms with van der Waals surface area (Å²) in [4.78, 5) is 25.5. The zero-order valence-corrected chi connectivity index (χ0v) is 22.3. The summed E-state index contributed by atoms with van der Waals surface area (Å²) in [5.41, 5.74) is 3.01. The monoisotopic (exact) mass is 483 g/mol. The Kier molecular flexibility index (Phi) is 10.3. The summed E-state index contributed by atoms with van der Waals surface area (Å²) in [6, 6.07) is 16.3. The van der Waals surface area contributed by atoms with E-state index < -0.39 is 17.1 Å². The number of carbonyl (C=O) groups excluding carboxylic acids is 2. The summed E-state index contributed by atoms with van der Waals surface area (Å²) < 4.78 is 16.5. The molecule has 0 bridgehead atoms. The predicted octanol–water partition coefficient (Wildman–Crippen LogP) is 6.09. The average Bonchev–Trinajstić information content (AvgIpc) is 2.77. The molecular weight excluding hydrogens is 442 g/mol. The topological polar surface area (TPSA) is 73.9 Å². The molecule has 0 aliphatic carbocycles. The molecule has 2 aromatic carbocycles. The number of esters is 1. The highest BCUT2D eigenvalue weighted by Crippen LogP contribution is 2.28. The normalized spacial score (nSPS) is 14.0. The third-order valence-corrected chi connectivity index (χ3v) is 5.60. The lowest BCUT2D eigenvalue weighted by Gasteiger charge is -2.32. The fourth-order valence-electron chi connectivity index (χ4n) is 3.97. The van der Waals surface area contributed by atoms with Gasteiger partial charge in [0, 0.05) is 12.6 Å². The molecule has 2 atom stereocenters. The molecule has 0 fully saturated rings. The van der Waals surface area contributed by atoms with Gasteiger partial charge in [-0.25, -0.2) is 4.79 Å². The van der Waals surface area contributed by atoms with Gasteiger partial charge < -0.3 is 19.5 Å². The highest BCUT2D eigenvalue weighted by Gasteiger charge is 2.38. The Balaban J connectivity index is 2.27. The van der Waals surface area contributed by atoms with Crippen LogP contribution in [0.5, 0.6) is 0 Å². The molecule has 2 rings (SSSR count). The van der Waals surface area contributed by atoms with Crippen molar-refractivity contribution in [3.8, 4) is 11.1 Å². The van der Waals surface area contributed by atoms with Gasteiger partial charge in [-0.1, -0.05) is 54.1 Å². The zero-order valence-electron chi connectivity index (χ0n) is 22.3. The van der Waals surface area contributed by atoms with Gasteiger partial charge in [0.15, 0.2) is 0 Å². The molecule has 0 saturated carbocycles. The van der Waals surface area contributed by atoms with E-state index in [1.807, 2.05) is 40.7 Å². The number of ether oxygens (including phenoxy) is 3. The lowest BCUT2D eigenvalue weighted by molar-refractivity contribution is -0.159. The Morgan fingerprint density at radius 3 is 2.20 bits per heavy atom. The van der Waals surface area contributed by atoms with Crippen LogP contribution in [0.25, 0.3) is 11.1 Å². The van der Waals surface area contributed by atoms with Crippen LogP contribution in [0.1, 0.15) is 59.1 Å². The van der Waals surface area contributed by atoms with Crippen LogP contribution in [-0.2, 0) is 25.4 Å². The Labute approximate surface area is 210 Å². The third kappa shape index (κ3) is 9.36. The quantitative estimate of drug-likeness (QED) is 0.391. The zero-order chi connectivity index (χ0) is 26.1. The Morgan fingerprint density at radius 1 is 0.943 bits per heavy atom. The molecule has 0 aliphatic rings. The van der Waals surface area contributed by atoms with Gasteiger partial charge in [0.2, 0.25) is 0 Å². The molecule has 0 saturated heterocycles. The number of alkyl carbamates (subject to hydrolysis) is 1. The molecule has 6 heteroatoms. The van der Waals surface area contributed by atoms with E-state index in [0.717, 1.165) is 16.7 Å². The smallest absolute Gasteiger partial charge is 0.407 e. The molecule has 0 spiro atoms. The van der Waals surface area contributed by atoms with Crippen molar-refractivity contribution < 1.29 is 23.8 Å². The van der Waals surface area contributed by atoms with Crippen LogP contribution < -0.4 is 5.32 Å². The molecule has 0 aromatic heterocycles. The van der Waals surface area contributed by atoms with E-state index in [2.05, 4.69) is 54.7 Å². The van der Waals surface area contributed by atoms with Crippen LogP contribution in [0, 0.1) is 12.3 Å². The molecule has 1 amide bonds. The van der Waals surface area contributed by atoms with Crippen LogP contribution in [0.2, 0.25) is 0 Å². The summed E-state index contributed by atoms with van der Waals surface area (Å²) in [7, 11) is 0. The van der Waals surface area contributed by atoms with Crippen molar-refractivity contribution in [1.29, 1.82) is 0 Å². The van der Waals surface area contributed by atoms with Gasteiger partial charge in [-0.2, -0.15) is 0 Å². The Hall–Kier alpha value is -2.86. The maximum absolute atomic E-state index is 12.9. The number of nitrogens with one attached hydrogen (secondary N) is 1. The van der Waals surface area contributed by atoms with E-state index in [-0.39, 0.29) is 25.2 Å². The number of carbonyl (C=O) groups is 2. The molecule has 6 nitrogen and oxygen atoms in total. The van der Waals surface area contributed by atoms with E-state index in [1.54, 1.807) is 6.92 Å². The lowest BCUT2D eigenvalue weighted by Crippen LogP contribution is -2.46. The molecule has 0 radical (unpaired) electrons. The molecule has 35 heavy (non-hydrogen) atoms. The first-order valence-electron chi connectivity index (χ1n) is 12.4. The van der Waals surface area contributed by atoms with E-state index in [9.17, 15) is 9.59 Å². The van der Waals surface area contributed by atoms with E-state index in [0.29, 0.717) is 19.4 Å². The van der Waals surface area contributed by atoms with E-state index >= 15 is 0 Å². The molecule has 0 unspecified atom stereocenters. The molecule has 0 aliphatic heterocycles. The highest BCUT2D eigenvalue weighted by atomic mass is 16.6. The predicted molar refractivity (Wildman–Crippen MR) is 139 cm³/mol. The van der Waals surface area contributed by atoms with Crippen LogP contribution in [0.15, 0.2) is 48.5 Å². The van der Waals surface area contributed by atoms with E-state index in [1.165, 1.54) is 5.56 Å². The molecule has 1 N–H and O–H groups in total. The van der Waals surface area contributed by atoms with Gasteiger partial charge >= 0.3 is 12.1 Å². The van der Waals surface area contributed by atoms with Crippen LogP contribution >= 0.6 is 0 Å². The SMILES string of the molecule is CCOC[C@](C)(C[C@@H](Cc1ccc(-c2cccc(C)c2)cc1)NC(=O)OC(C)(C)C)C(=O)OCC. The Morgan fingerprint density at radius 2 is 1.63 bits per heavy atom. The Bertz CT molecular complexity index is 964. The summed E-state index contributed by atoms with van der Waals surface area (Å²) in [5, 5.41) is 2.98. The second kappa shape index (κ2) is 12.7. The average molecular weight is 484 g/mol. The minimum absolute atomic E-state index is 0.209. The first-order valence-corrected chi connectivity index (χ1v) is 12.4. The minimum Gasteiger partial charge on any atom is -0.466 e. The third-order valence-electron chi connectivity index (χ3n) is 5.60. The van der Waals surface area contributed by atoms with Crippen molar-refractivity contribution >= 4 is 12.1 Å². The van der Waals surface area contributed by atoms with Gasteiger partial charge in [0.25, 0.3) is 0 Å². The van der Waals surface area contributed by atoms with Crippen LogP contribution in [0.3, 0.4) is 0 Å². The second-order valence-electron chi connectivity index (χ2n) is 10.2. The second-order valence-corrected chi connectivity index (χ2v) is 10.2. The number of benzene rings is 2. The largest absolute Gasteiger partial charge is 0.466 e. The van der Waals surface area contributed by atoms with Crippen LogP contribution in [0.4, 0.5) is 4.79 Å². The van der Waals surface area contributed by atoms with Crippen molar-refractivity contribution in [2.45, 2.75) is 73.0 Å². The molecular formula is C29H41NO5. The standard InChI is InChI=1S/C29H41NO5/c1-8-33-20-29(7,26(31)34-9-2)19-25(30-27(32)35-28(4,5)6)18-22-13-15-23(16-14-22)24-12-10-11-21(3)17-24/h10-17,25H,8-9,18-20H2,1-7H3,(H,30,32)/t25-,29+/m1/s1. The number of hydrogen-bond donors (Lipinski definition) is 1. The fourth-order valence-corrected chi connectivity index (χ4v) is 3.97. The van der Waals surface area contributed by atoms with Crippen molar-refractivity contribution in [3.63, 3.8) is 0 Å². The summed E-state index contributed by atoms with van der Waals surface area (Å²) in [6.45, 7) is 14.0. The maximum atomic E-state index is 12.9. The molecule has 0 heterocycles. The molecule has 2 aromatic rings. The van der Waals surface area contributed by atoms with Crippen molar-refractivity contribution in [1.82, 2.24) is 5.32 Å². The van der Waals surface area contributed by atoms with Gasteiger partial charge in [-0.05, 0) is 78.0 Å².